The van der Waals surface area contributed by atoms with Crippen LogP contribution in [-0.4, -0.2) is 19.6 Å². The highest BCUT2D eigenvalue weighted by molar-refractivity contribution is 9.10. The van der Waals surface area contributed by atoms with Crippen molar-refractivity contribution >= 4 is 21.8 Å². The largest absolute Gasteiger partial charge is 0.496 e. The minimum absolute atomic E-state index is 0.132. The number of carbonyl (C=O) groups is 1. The summed E-state index contributed by atoms with van der Waals surface area (Å²) >= 11 is 3.42. The van der Waals surface area contributed by atoms with E-state index in [1.807, 2.05) is 25.1 Å². The molecule has 0 heterocycles. The van der Waals surface area contributed by atoms with Crippen LogP contribution < -0.4 is 14.8 Å². The highest BCUT2D eigenvalue weighted by Gasteiger charge is 2.12. The van der Waals surface area contributed by atoms with E-state index in [1.54, 1.807) is 7.11 Å². The normalized spacial score (nSPS) is 11.7. The molecule has 0 aliphatic heterocycles. The van der Waals surface area contributed by atoms with Crippen molar-refractivity contribution in [2.45, 2.75) is 13.0 Å². The van der Waals surface area contributed by atoms with Crippen LogP contribution in [0.25, 0.3) is 0 Å². The molecule has 0 aliphatic rings. The SMILES string of the molecule is COc1ccc([C@H](C)NC(=O)COc2ccc(F)cc2)cc1Br. The van der Waals surface area contributed by atoms with Crippen molar-refractivity contribution in [1.29, 1.82) is 0 Å². The highest BCUT2D eigenvalue weighted by Crippen LogP contribution is 2.27. The zero-order valence-electron chi connectivity index (χ0n) is 12.8. The van der Waals surface area contributed by atoms with Crippen LogP contribution in [0, 0.1) is 5.82 Å². The van der Waals surface area contributed by atoms with Crippen molar-refractivity contribution in [2.24, 2.45) is 0 Å². The summed E-state index contributed by atoms with van der Waals surface area (Å²) in [6, 6.07) is 11.0. The van der Waals surface area contributed by atoms with Crippen LogP contribution in [0.5, 0.6) is 11.5 Å². The predicted octanol–water partition coefficient (Wildman–Crippen LogP) is 3.85. The van der Waals surface area contributed by atoms with E-state index < -0.39 is 0 Å². The van der Waals surface area contributed by atoms with Gasteiger partial charge in [0.05, 0.1) is 17.6 Å². The first kappa shape index (κ1) is 17.3. The van der Waals surface area contributed by atoms with Gasteiger partial charge in [0, 0.05) is 0 Å². The summed E-state index contributed by atoms with van der Waals surface area (Å²) in [5, 5.41) is 2.84. The van der Waals surface area contributed by atoms with E-state index in [0.29, 0.717) is 5.75 Å². The molecule has 0 saturated carbocycles. The molecule has 1 amide bonds. The van der Waals surface area contributed by atoms with Crippen molar-refractivity contribution in [3.05, 3.63) is 58.3 Å². The molecule has 0 saturated heterocycles. The highest BCUT2D eigenvalue weighted by atomic mass is 79.9. The van der Waals surface area contributed by atoms with Gasteiger partial charge >= 0.3 is 0 Å². The van der Waals surface area contributed by atoms with Gasteiger partial charge in [0.25, 0.3) is 5.91 Å². The number of halogens is 2. The van der Waals surface area contributed by atoms with Crippen LogP contribution in [0.15, 0.2) is 46.9 Å². The summed E-state index contributed by atoms with van der Waals surface area (Å²) in [7, 11) is 1.59. The molecule has 0 bridgehead atoms. The Bertz CT molecular complexity index is 676. The number of hydrogen-bond donors (Lipinski definition) is 1. The molecule has 2 aromatic rings. The van der Waals surface area contributed by atoms with Crippen LogP contribution >= 0.6 is 15.9 Å². The lowest BCUT2D eigenvalue weighted by Gasteiger charge is -2.16. The molecular formula is C17H17BrFNO3. The van der Waals surface area contributed by atoms with E-state index in [2.05, 4.69) is 21.2 Å². The maximum Gasteiger partial charge on any atom is 0.258 e. The number of benzene rings is 2. The van der Waals surface area contributed by atoms with E-state index in [9.17, 15) is 9.18 Å². The summed E-state index contributed by atoms with van der Waals surface area (Å²) in [6.07, 6.45) is 0. The van der Waals surface area contributed by atoms with Crippen LogP contribution in [0.1, 0.15) is 18.5 Å². The minimum Gasteiger partial charge on any atom is -0.496 e. The van der Waals surface area contributed by atoms with Gasteiger partial charge in [-0.3, -0.25) is 4.79 Å². The molecule has 0 fully saturated rings. The molecule has 0 unspecified atom stereocenters. The monoisotopic (exact) mass is 381 g/mol. The number of methoxy groups -OCH3 is 1. The average molecular weight is 382 g/mol. The van der Waals surface area contributed by atoms with E-state index in [-0.39, 0.29) is 24.4 Å². The second-order valence-electron chi connectivity index (χ2n) is 4.93. The molecule has 6 heteroatoms. The van der Waals surface area contributed by atoms with Gasteiger partial charge in [0.15, 0.2) is 6.61 Å². The van der Waals surface area contributed by atoms with Gasteiger partial charge in [-0.1, -0.05) is 6.07 Å². The molecule has 1 N–H and O–H groups in total. The maximum atomic E-state index is 12.8. The number of carbonyl (C=O) groups excluding carboxylic acids is 1. The van der Waals surface area contributed by atoms with Gasteiger partial charge in [0.2, 0.25) is 0 Å². The van der Waals surface area contributed by atoms with E-state index >= 15 is 0 Å². The molecule has 122 valence electrons. The zero-order valence-corrected chi connectivity index (χ0v) is 14.4. The Morgan fingerprint density at radius 2 is 1.96 bits per heavy atom. The van der Waals surface area contributed by atoms with Crippen molar-refractivity contribution in [3.8, 4) is 11.5 Å². The lowest BCUT2D eigenvalue weighted by Crippen LogP contribution is -2.31. The second kappa shape index (κ2) is 7.97. The van der Waals surface area contributed by atoms with Gasteiger partial charge < -0.3 is 14.8 Å². The molecule has 0 radical (unpaired) electrons. The fourth-order valence-corrected chi connectivity index (χ4v) is 2.56. The first-order chi connectivity index (χ1) is 11.0. The van der Waals surface area contributed by atoms with Crippen molar-refractivity contribution in [1.82, 2.24) is 5.32 Å². The Kier molecular flexibility index (Phi) is 5.98. The van der Waals surface area contributed by atoms with E-state index in [4.69, 9.17) is 9.47 Å². The van der Waals surface area contributed by atoms with Gasteiger partial charge in [-0.05, 0) is 64.8 Å². The number of rotatable bonds is 6. The maximum absolute atomic E-state index is 12.8. The molecule has 0 aliphatic carbocycles. The summed E-state index contributed by atoms with van der Waals surface area (Å²) in [4.78, 5) is 11.9. The van der Waals surface area contributed by atoms with Gasteiger partial charge in [-0.2, -0.15) is 0 Å². The third-order valence-electron chi connectivity index (χ3n) is 3.24. The molecule has 0 aromatic heterocycles. The minimum atomic E-state index is -0.347. The molecule has 23 heavy (non-hydrogen) atoms. The number of nitrogens with one attached hydrogen (secondary N) is 1. The van der Waals surface area contributed by atoms with Crippen LogP contribution in [0.3, 0.4) is 0 Å². The third-order valence-corrected chi connectivity index (χ3v) is 3.86. The number of amides is 1. The standard InChI is InChI=1S/C17H17BrFNO3/c1-11(12-3-8-16(22-2)15(18)9-12)20-17(21)10-23-14-6-4-13(19)5-7-14/h3-9,11H,10H2,1-2H3,(H,20,21)/t11-/m0/s1. The summed E-state index contributed by atoms with van der Waals surface area (Å²) < 4.78 is 24.1. The summed E-state index contributed by atoms with van der Waals surface area (Å²) in [6.45, 7) is 1.75. The topological polar surface area (TPSA) is 47.6 Å². The van der Waals surface area contributed by atoms with Gasteiger partial charge in [-0.25, -0.2) is 4.39 Å². The Labute approximate surface area is 142 Å². The molecule has 4 nitrogen and oxygen atoms in total. The average Bonchev–Trinajstić information content (AvgIpc) is 2.54. The quantitative estimate of drug-likeness (QED) is 0.826. The first-order valence-electron chi connectivity index (χ1n) is 7.00. The molecule has 0 spiro atoms. The molecular weight excluding hydrogens is 365 g/mol. The number of ether oxygens (including phenoxy) is 2. The lowest BCUT2D eigenvalue weighted by atomic mass is 10.1. The summed E-state index contributed by atoms with van der Waals surface area (Å²) in [5.41, 5.74) is 0.938. The predicted molar refractivity (Wildman–Crippen MR) is 89.1 cm³/mol. The van der Waals surface area contributed by atoms with Crippen molar-refractivity contribution in [2.75, 3.05) is 13.7 Å². The van der Waals surface area contributed by atoms with Crippen molar-refractivity contribution in [3.63, 3.8) is 0 Å². The number of hydrogen-bond acceptors (Lipinski definition) is 3. The molecule has 2 rings (SSSR count). The zero-order chi connectivity index (χ0) is 16.8. The fourth-order valence-electron chi connectivity index (χ4n) is 2.00. The van der Waals surface area contributed by atoms with Crippen LogP contribution in [0.2, 0.25) is 0 Å². The van der Waals surface area contributed by atoms with Gasteiger partial charge in [-0.15, -0.1) is 0 Å². The summed E-state index contributed by atoms with van der Waals surface area (Å²) in [5.74, 6) is 0.572. The molecule has 1 atom stereocenters. The smallest absolute Gasteiger partial charge is 0.258 e. The lowest BCUT2D eigenvalue weighted by molar-refractivity contribution is -0.123. The Morgan fingerprint density at radius 1 is 1.26 bits per heavy atom. The Balaban J connectivity index is 1.89. The molecule has 2 aromatic carbocycles. The third kappa shape index (κ3) is 4.96. The van der Waals surface area contributed by atoms with Crippen LogP contribution in [0.4, 0.5) is 4.39 Å². The van der Waals surface area contributed by atoms with Crippen molar-refractivity contribution < 1.29 is 18.7 Å². The second-order valence-corrected chi connectivity index (χ2v) is 5.78. The first-order valence-corrected chi connectivity index (χ1v) is 7.80. The van der Waals surface area contributed by atoms with Gasteiger partial charge in [0.1, 0.15) is 17.3 Å². The Morgan fingerprint density at radius 3 is 2.57 bits per heavy atom. The van der Waals surface area contributed by atoms with E-state index in [1.165, 1.54) is 24.3 Å². The van der Waals surface area contributed by atoms with Crippen LogP contribution in [-0.2, 0) is 4.79 Å². The van der Waals surface area contributed by atoms with E-state index in [0.717, 1.165) is 15.8 Å². The fraction of sp³-hybridized carbons (Fsp3) is 0.235. The Hall–Kier alpha value is -2.08.